The molecule has 0 radical (unpaired) electrons. The number of aliphatic hydroxyl groups is 2. The average molecular weight is 362 g/mol. The molecule has 7 heteroatoms. The second kappa shape index (κ2) is 8.64. The van der Waals surface area contributed by atoms with E-state index in [-0.39, 0.29) is 24.2 Å². The van der Waals surface area contributed by atoms with Crippen LogP contribution in [0, 0.1) is 0 Å². The maximum absolute atomic E-state index is 12.4. The Labute approximate surface area is 151 Å². The van der Waals surface area contributed by atoms with Gasteiger partial charge >= 0.3 is 5.97 Å². The smallest absolute Gasteiger partial charge is 0.342 e. The standard InChI is InChI=1S/C19H22O7/c1-11-5-3-7-14(20)18(23)15(21)8-4-6-12-9-13(25-2)10-16(22)17(12)19(24)26-11/h3-4,6-7,9-11,15,18,21-23H,5,8H2,1-2H3/b6-4+,7-3-/t11-,15-,18?/m0/s1. The highest BCUT2D eigenvalue weighted by molar-refractivity contribution is 5.97. The number of phenols is 1. The Kier molecular flexibility index (Phi) is 6.54. The lowest BCUT2D eigenvalue weighted by Crippen LogP contribution is -2.32. The highest BCUT2D eigenvalue weighted by atomic mass is 16.5. The number of phenolic OH excluding ortho intramolecular Hbond substituents is 1. The van der Waals surface area contributed by atoms with E-state index in [4.69, 9.17) is 9.47 Å². The third kappa shape index (κ3) is 4.71. The van der Waals surface area contributed by atoms with Crippen molar-refractivity contribution < 1.29 is 34.4 Å². The average Bonchev–Trinajstić information content (AvgIpc) is 2.59. The summed E-state index contributed by atoms with van der Waals surface area (Å²) in [5, 5.41) is 30.0. The summed E-state index contributed by atoms with van der Waals surface area (Å²) in [6, 6.07) is 2.84. The van der Waals surface area contributed by atoms with Gasteiger partial charge in [-0.15, -0.1) is 0 Å². The summed E-state index contributed by atoms with van der Waals surface area (Å²) in [7, 11) is 1.42. The van der Waals surface area contributed by atoms with E-state index in [0.717, 1.165) is 6.08 Å². The molecular weight excluding hydrogens is 340 g/mol. The molecule has 26 heavy (non-hydrogen) atoms. The first-order valence-corrected chi connectivity index (χ1v) is 8.18. The number of benzene rings is 1. The number of aromatic hydroxyl groups is 1. The molecule has 1 aliphatic heterocycles. The Hall–Kier alpha value is -2.64. The number of hydrogen-bond donors (Lipinski definition) is 3. The third-order valence-electron chi connectivity index (χ3n) is 3.95. The summed E-state index contributed by atoms with van der Waals surface area (Å²) in [5.74, 6) is -1.29. The lowest BCUT2D eigenvalue weighted by molar-refractivity contribution is -0.127. The number of cyclic esters (lactones) is 1. The number of carbonyl (C=O) groups is 2. The molecule has 0 saturated heterocycles. The normalized spacial score (nSPS) is 27.0. The Morgan fingerprint density at radius 2 is 1.81 bits per heavy atom. The molecule has 1 aliphatic rings. The van der Waals surface area contributed by atoms with Crippen LogP contribution in [0.25, 0.3) is 6.08 Å². The van der Waals surface area contributed by atoms with Crippen molar-refractivity contribution in [2.75, 3.05) is 7.11 Å². The Balaban J connectivity index is 2.45. The van der Waals surface area contributed by atoms with Gasteiger partial charge in [-0.25, -0.2) is 4.79 Å². The Bertz CT molecular complexity index is 736. The van der Waals surface area contributed by atoms with Gasteiger partial charge in [-0.05, 0) is 31.1 Å². The molecule has 140 valence electrons. The first kappa shape index (κ1) is 19.7. The van der Waals surface area contributed by atoms with Crippen molar-refractivity contribution in [1.29, 1.82) is 0 Å². The van der Waals surface area contributed by atoms with Crippen LogP contribution in [0.2, 0.25) is 0 Å². The van der Waals surface area contributed by atoms with E-state index < -0.39 is 30.1 Å². The highest BCUT2D eigenvalue weighted by Crippen LogP contribution is 2.30. The van der Waals surface area contributed by atoms with Gasteiger partial charge in [0.05, 0.1) is 13.2 Å². The highest BCUT2D eigenvalue weighted by Gasteiger charge is 2.23. The minimum absolute atomic E-state index is 0.0242. The number of esters is 1. The number of ether oxygens (including phenoxy) is 2. The minimum atomic E-state index is -1.55. The number of carbonyl (C=O) groups excluding carboxylic acids is 2. The molecule has 0 bridgehead atoms. The van der Waals surface area contributed by atoms with Gasteiger partial charge in [0.25, 0.3) is 0 Å². The molecule has 3 atom stereocenters. The monoisotopic (exact) mass is 362 g/mol. The van der Waals surface area contributed by atoms with Crippen LogP contribution >= 0.6 is 0 Å². The summed E-state index contributed by atoms with van der Waals surface area (Å²) in [5.41, 5.74) is 0.306. The predicted octanol–water partition coefficient (Wildman–Crippen LogP) is 1.60. The van der Waals surface area contributed by atoms with Crippen molar-refractivity contribution in [3.8, 4) is 11.5 Å². The Morgan fingerprint density at radius 1 is 1.12 bits per heavy atom. The molecule has 2 rings (SSSR count). The molecule has 0 fully saturated rings. The lowest BCUT2D eigenvalue weighted by Gasteiger charge is -2.16. The SMILES string of the molecule is COc1cc(O)c2c(c1)/C=C/C[C@H](O)C(O)C(=O)/C=C\C[C@H](C)OC2=O. The van der Waals surface area contributed by atoms with E-state index in [2.05, 4.69) is 0 Å². The first-order valence-electron chi connectivity index (χ1n) is 8.18. The number of ketones is 1. The van der Waals surface area contributed by atoms with Crippen LogP contribution in [0.15, 0.2) is 30.4 Å². The zero-order chi connectivity index (χ0) is 19.3. The zero-order valence-corrected chi connectivity index (χ0v) is 14.6. The number of methoxy groups -OCH3 is 1. The van der Waals surface area contributed by atoms with E-state index >= 15 is 0 Å². The fraction of sp³-hybridized carbons (Fsp3) is 0.368. The molecule has 0 aliphatic carbocycles. The molecule has 0 saturated carbocycles. The van der Waals surface area contributed by atoms with Gasteiger partial charge in [0.2, 0.25) is 0 Å². The Morgan fingerprint density at radius 3 is 2.50 bits per heavy atom. The van der Waals surface area contributed by atoms with E-state index in [0.29, 0.717) is 11.3 Å². The van der Waals surface area contributed by atoms with Crippen molar-refractivity contribution in [2.24, 2.45) is 0 Å². The van der Waals surface area contributed by atoms with Crippen LogP contribution in [0.5, 0.6) is 11.5 Å². The molecule has 7 nitrogen and oxygen atoms in total. The summed E-state index contributed by atoms with van der Waals surface area (Å²) < 4.78 is 10.4. The van der Waals surface area contributed by atoms with Gasteiger partial charge in [0, 0.05) is 12.5 Å². The van der Waals surface area contributed by atoms with E-state index in [1.54, 1.807) is 6.92 Å². The fourth-order valence-corrected chi connectivity index (χ4v) is 2.51. The van der Waals surface area contributed by atoms with Crippen molar-refractivity contribution in [1.82, 2.24) is 0 Å². The van der Waals surface area contributed by atoms with Crippen molar-refractivity contribution in [2.45, 2.75) is 38.1 Å². The van der Waals surface area contributed by atoms with Crippen molar-refractivity contribution >= 4 is 17.8 Å². The van der Waals surface area contributed by atoms with E-state index in [1.807, 2.05) is 0 Å². The third-order valence-corrected chi connectivity index (χ3v) is 3.95. The van der Waals surface area contributed by atoms with Crippen LogP contribution < -0.4 is 4.74 Å². The van der Waals surface area contributed by atoms with Gasteiger partial charge < -0.3 is 24.8 Å². The zero-order valence-electron chi connectivity index (χ0n) is 14.6. The second-order valence-corrected chi connectivity index (χ2v) is 6.02. The van der Waals surface area contributed by atoms with Crippen LogP contribution in [0.4, 0.5) is 0 Å². The lowest BCUT2D eigenvalue weighted by atomic mass is 10.0. The van der Waals surface area contributed by atoms with Crippen molar-refractivity contribution in [3.05, 3.63) is 41.5 Å². The maximum Gasteiger partial charge on any atom is 0.342 e. The summed E-state index contributed by atoms with van der Waals surface area (Å²) in [6.07, 6.45) is 2.42. The largest absolute Gasteiger partial charge is 0.507 e. The molecule has 0 aromatic heterocycles. The number of hydrogen-bond acceptors (Lipinski definition) is 7. The second-order valence-electron chi connectivity index (χ2n) is 6.02. The van der Waals surface area contributed by atoms with Gasteiger partial charge in [-0.3, -0.25) is 4.79 Å². The molecule has 0 spiro atoms. The fourth-order valence-electron chi connectivity index (χ4n) is 2.51. The van der Waals surface area contributed by atoms with Crippen LogP contribution in [0.3, 0.4) is 0 Å². The maximum atomic E-state index is 12.4. The topological polar surface area (TPSA) is 113 Å². The van der Waals surface area contributed by atoms with Gasteiger partial charge in [0.15, 0.2) is 5.78 Å². The van der Waals surface area contributed by atoms with Gasteiger partial charge in [-0.1, -0.05) is 18.2 Å². The number of rotatable bonds is 1. The first-order chi connectivity index (χ1) is 12.3. The van der Waals surface area contributed by atoms with E-state index in [9.17, 15) is 24.9 Å². The molecule has 1 aromatic carbocycles. The predicted molar refractivity (Wildman–Crippen MR) is 94.0 cm³/mol. The van der Waals surface area contributed by atoms with Gasteiger partial charge in [0.1, 0.15) is 29.3 Å². The van der Waals surface area contributed by atoms with Crippen LogP contribution in [-0.4, -0.2) is 52.5 Å². The van der Waals surface area contributed by atoms with E-state index in [1.165, 1.54) is 37.5 Å². The number of aliphatic hydroxyl groups excluding tert-OH is 2. The molecule has 1 unspecified atom stereocenters. The van der Waals surface area contributed by atoms with Gasteiger partial charge in [-0.2, -0.15) is 0 Å². The quantitative estimate of drug-likeness (QED) is 0.650. The molecule has 0 amide bonds. The number of fused-ring (bicyclic) bond motifs is 1. The summed E-state index contributed by atoms with van der Waals surface area (Å²) >= 11 is 0. The summed E-state index contributed by atoms with van der Waals surface area (Å²) in [4.78, 5) is 24.3. The molecule has 1 aromatic rings. The molecule has 3 N–H and O–H groups in total. The van der Waals surface area contributed by atoms with Crippen LogP contribution in [0.1, 0.15) is 35.7 Å². The molecular formula is C19H22O7. The van der Waals surface area contributed by atoms with Crippen molar-refractivity contribution in [3.63, 3.8) is 0 Å². The summed E-state index contributed by atoms with van der Waals surface area (Å²) in [6.45, 7) is 1.64. The molecule has 1 heterocycles. The minimum Gasteiger partial charge on any atom is -0.507 e. The van der Waals surface area contributed by atoms with Crippen LogP contribution in [-0.2, 0) is 9.53 Å².